The molecule has 2 heteroatoms. The maximum atomic E-state index is 5.77. The summed E-state index contributed by atoms with van der Waals surface area (Å²) >= 11 is 1.93. The summed E-state index contributed by atoms with van der Waals surface area (Å²) in [4.78, 5) is 1.40. The van der Waals surface area contributed by atoms with Gasteiger partial charge in [-0.15, -0.1) is 11.8 Å². The highest BCUT2D eigenvalue weighted by Crippen LogP contribution is 2.28. The summed E-state index contributed by atoms with van der Waals surface area (Å²) in [6, 6.07) is 19.4. The van der Waals surface area contributed by atoms with Crippen molar-refractivity contribution in [3.63, 3.8) is 0 Å². The minimum absolute atomic E-state index is 0.425. The first-order chi connectivity index (χ1) is 9.92. The molecule has 0 aliphatic carbocycles. The Labute approximate surface area is 125 Å². The molecular weight excluding hydrogens is 264 g/mol. The van der Waals surface area contributed by atoms with Gasteiger partial charge in [-0.3, -0.25) is 0 Å². The van der Waals surface area contributed by atoms with Gasteiger partial charge in [-0.05, 0) is 36.5 Å². The van der Waals surface area contributed by atoms with Gasteiger partial charge >= 0.3 is 0 Å². The first kappa shape index (κ1) is 13.7. The van der Waals surface area contributed by atoms with E-state index in [1.54, 1.807) is 0 Å². The Morgan fingerprint density at radius 2 is 1.80 bits per heavy atom. The molecule has 0 radical (unpaired) electrons. The van der Waals surface area contributed by atoms with Crippen LogP contribution in [-0.2, 0) is 16.9 Å². The van der Waals surface area contributed by atoms with Gasteiger partial charge < -0.3 is 4.74 Å². The van der Waals surface area contributed by atoms with Crippen LogP contribution in [0.1, 0.15) is 24.0 Å². The second-order valence-electron chi connectivity index (χ2n) is 5.22. The maximum Gasteiger partial charge on any atom is 0.0616 e. The second-order valence-corrected chi connectivity index (χ2v) is 6.24. The predicted molar refractivity (Wildman–Crippen MR) is 85.1 cm³/mol. The number of rotatable bonds is 5. The van der Waals surface area contributed by atoms with Crippen molar-refractivity contribution in [1.82, 2.24) is 0 Å². The average molecular weight is 284 g/mol. The Hall–Kier alpha value is -1.25. The molecule has 1 aliphatic rings. The number of thioether (sulfide) groups is 1. The molecule has 0 saturated carbocycles. The molecule has 1 nitrogen and oxygen atoms in total. The van der Waals surface area contributed by atoms with Crippen molar-refractivity contribution in [2.45, 2.75) is 36.0 Å². The Bertz CT molecular complexity index is 532. The lowest BCUT2D eigenvalue weighted by Gasteiger charge is -2.13. The SMILES string of the molecule is c1ccc(CSc2ccccc2CC2CCCO2)cc1. The third-order valence-electron chi connectivity index (χ3n) is 3.68. The van der Waals surface area contributed by atoms with Gasteiger partial charge in [0.25, 0.3) is 0 Å². The van der Waals surface area contributed by atoms with E-state index in [2.05, 4.69) is 54.6 Å². The Kier molecular flexibility index (Phi) is 4.77. The van der Waals surface area contributed by atoms with E-state index in [9.17, 15) is 0 Å². The summed E-state index contributed by atoms with van der Waals surface area (Å²) in [6.07, 6.45) is 3.90. The summed E-state index contributed by atoms with van der Waals surface area (Å²) in [6.45, 7) is 0.935. The van der Waals surface area contributed by atoms with Crippen LogP contribution in [0.5, 0.6) is 0 Å². The molecule has 1 saturated heterocycles. The van der Waals surface area contributed by atoms with E-state index >= 15 is 0 Å². The van der Waals surface area contributed by atoms with Crippen LogP contribution in [0.3, 0.4) is 0 Å². The average Bonchev–Trinajstić information content (AvgIpc) is 3.00. The number of benzene rings is 2. The third-order valence-corrected chi connectivity index (χ3v) is 4.87. The molecule has 3 rings (SSSR count). The van der Waals surface area contributed by atoms with Crippen molar-refractivity contribution in [2.75, 3.05) is 6.61 Å². The van der Waals surface area contributed by atoms with Gasteiger partial charge in [0.2, 0.25) is 0 Å². The van der Waals surface area contributed by atoms with Crippen molar-refractivity contribution in [3.8, 4) is 0 Å². The third kappa shape index (κ3) is 3.65. The van der Waals surface area contributed by atoms with E-state index in [1.807, 2.05) is 11.8 Å². The van der Waals surface area contributed by atoms with Gasteiger partial charge in [-0.1, -0.05) is 48.5 Å². The lowest BCUT2D eigenvalue weighted by atomic mass is 10.1. The summed E-state index contributed by atoms with van der Waals surface area (Å²) in [5.74, 6) is 1.03. The molecular formula is C18H20OS. The number of hydrogen-bond acceptors (Lipinski definition) is 2. The minimum Gasteiger partial charge on any atom is -0.378 e. The van der Waals surface area contributed by atoms with E-state index in [0.717, 1.165) is 18.8 Å². The van der Waals surface area contributed by atoms with Gasteiger partial charge in [0.05, 0.1) is 6.10 Å². The zero-order valence-corrected chi connectivity index (χ0v) is 12.4. The van der Waals surface area contributed by atoms with Crippen molar-refractivity contribution in [3.05, 3.63) is 65.7 Å². The van der Waals surface area contributed by atoms with Crippen LogP contribution in [0.15, 0.2) is 59.5 Å². The highest BCUT2D eigenvalue weighted by molar-refractivity contribution is 7.98. The van der Waals surface area contributed by atoms with Crippen molar-refractivity contribution >= 4 is 11.8 Å². The predicted octanol–water partition coefficient (Wildman–Crippen LogP) is 4.70. The van der Waals surface area contributed by atoms with Crippen LogP contribution in [0.25, 0.3) is 0 Å². The van der Waals surface area contributed by atoms with Gasteiger partial charge in [0.15, 0.2) is 0 Å². The largest absolute Gasteiger partial charge is 0.378 e. The normalized spacial score (nSPS) is 18.3. The quantitative estimate of drug-likeness (QED) is 0.736. The molecule has 20 heavy (non-hydrogen) atoms. The molecule has 1 atom stereocenters. The molecule has 0 N–H and O–H groups in total. The molecule has 2 aromatic carbocycles. The van der Waals surface area contributed by atoms with E-state index in [4.69, 9.17) is 4.74 Å². The van der Waals surface area contributed by atoms with Gasteiger partial charge in [-0.2, -0.15) is 0 Å². The fourth-order valence-electron chi connectivity index (χ4n) is 2.60. The summed E-state index contributed by atoms with van der Waals surface area (Å²) in [5, 5.41) is 0. The smallest absolute Gasteiger partial charge is 0.0616 e. The van der Waals surface area contributed by atoms with Crippen LogP contribution >= 0.6 is 11.8 Å². The van der Waals surface area contributed by atoms with Crippen LogP contribution in [-0.4, -0.2) is 12.7 Å². The number of hydrogen-bond donors (Lipinski definition) is 0. The molecule has 1 unspecified atom stereocenters. The summed E-state index contributed by atoms with van der Waals surface area (Å²) in [7, 11) is 0. The summed E-state index contributed by atoms with van der Waals surface area (Å²) < 4.78 is 5.77. The number of ether oxygens (including phenoxy) is 1. The summed E-state index contributed by atoms with van der Waals surface area (Å²) in [5.41, 5.74) is 2.81. The second kappa shape index (κ2) is 6.96. The zero-order chi connectivity index (χ0) is 13.6. The first-order valence-electron chi connectivity index (χ1n) is 7.28. The fourth-order valence-corrected chi connectivity index (χ4v) is 3.63. The molecule has 2 aromatic rings. The highest BCUT2D eigenvalue weighted by atomic mass is 32.2. The molecule has 1 heterocycles. The lowest BCUT2D eigenvalue weighted by molar-refractivity contribution is 0.111. The van der Waals surface area contributed by atoms with E-state index in [0.29, 0.717) is 6.10 Å². The van der Waals surface area contributed by atoms with Crippen molar-refractivity contribution < 1.29 is 4.74 Å². The standard InChI is InChI=1S/C18H20OS/c1-2-7-15(8-3-1)14-20-18-11-5-4-9-16(18)13-17-10-6-12-19-17/h1-5,7-9,11,17H,6,10,12-14H2. The molecule has 1 fully saturated rings. The Morgan fingerprint density at radius 3 is 2.60 bits per heavy atom. The van der Waals surface area contributed by atoms with E-state index in [-0.39, 0.29) is 0 Å². The lowest BCUT2D eigenvalue weighted by Crippen LogP contribution is -2.09. The fraction of sp³-hybridized carbons (Fsp3) is 0.333. The van der Waals surface area contributed by atoms with Crippen LogP contribution in [0.4, 0.5) is 0 Å². The molecule has 0 bridgehead atoms. The van der Waals surface area contributed by atoms with Gasteiger partial charge in [0.1, 0.15) is 0 Å². The monoisotopic (exact) mass is 284 g/mol. The van der Waals surface area contributed by atoms with Crippen molar-refractivity contribution in [2.24, 2.45) is 0 Å². The maximum absolute atomic E-state index is 5.77. The van der Waals surface area contributed by atoms with Crippen LogP contribution in [0.2, 0.25) is 0 Å². The van der Waals surface area contributed by atoms with Gasteiger partial charge in [-0.25, -0.2) is 0 Å². The minimum atomic E-state index is 0.425. The first-order valence-corrected chi connectivity index (χ1v) is 8.26. The molecule has 0 spiro atoms. The highest BCUT2D eigenvalue weighted by Gasteiger charge is 2.17. The topological polar surface area (TPSA) is 9.23 Å². The van der Waals surface area contributed by atoms with Crippen LogP contribution in [0, 0.1) is 0 Å². The van der Waals surface area contributed by atoms with E-state index < -0.39 is 0 Å². The zero-order valence-electron chi connectivity index (χ0n) is 11.6. The molecule has 104 valence electrons. The van der Waals surface area contributed by atoms with E-state index in [1.165, 1.54) is 28.9 Å². The molecule has 0 amide bonds. The Morgan fingerprint density at radius 1 is 1.00 bits per heavy atom. The van der Waals surface area contributed by atoms with Crippen LogP contribution < -0.4 is 0 Å². The van der Waals surface area contributed by atoms with Gasteiger partial charge in [0, 0.05) is 17.3 Å². The van der Waals surface area contributed by atoms with Crippen molar-refractivity contribution in [1.29, 1.82) is 0 Å². The Balaban J connectivity index is 1.66. The molecule has 0 aromatic heterocycles. The molecule has 1 aliphatic heterocycles.